The molecule has 0 saturated heterocycles. The first-order valence-electron chi connectivity index (χ1n) is 6.51. The van der Waals surface area contributed by atoms with Crippen LogP contribution in [0.4, 0.5) is 11.4 Å². The normalized spacial score (nSPS) is 12.3. The third-order valence-electron chi connectivity index (χ3n) is 2.92. The SMILES string of the molecule is COCC(CCCN)Nc1cccc(Cl)c1N(C)C. The van der Waals surface area contributed by atoms with E-state index in [9.17, 15) is 0 Å². The number of rotatable bonds is 8. The van der Waals surface area contributed by atoms with Crippen LogP contribution in [-0.2, 0) is 4.74 Å². The van der Waals surface area contributed by atoms with Crippen molar-refractivity contribution >= 4 is 23.0 Å². The van der Waals surface area contributed by atoms with Crippen molar-refractivity contribution in [1.82, 2.24) is 0 Å². The molecule has 0 amide bonds. The van der Waals surface area contributed by atoms with Gasteiger partial charge in [-0.05, 0) is 31.5 Å². The summed E-state index contributed by atoms with van der Waals surface area (Å²) in [6, 6.07) is 6.12. The van der Waals surface area contributed by atoms with E-state index in [4.69, 9.17) is 22.1 Å². The second kappa shape index (κ2) is 8.25. The number of hydrogen-bond acceptors (Lipinski definition) is 4. The fourth-order valence-corrected chi connectivity index (χ4v) is 2.41. The number of benzene rings is 1. The number of nitrogens with two attached hydrogens (primary N) is 1. The van der Waals surface area contributed by atoms with Crippen LogP contribution in [-0.4, -0.2) is 40.4 Å². The third kappa shape index (κ3) is 4.90. The molecule has 0 aliphatic heterocycles. The van der Waals surface area contributed by atoms with E-state index < -0.39 is 0 Å². The van der Waals surface area contributed by atoms with Crippen LogP contribution in [0.5, 0.6) is 0 Å². The summed E-state index contributed by atoms with van der Waals surface area (Å²) < 4.78 is 5.25. The molecule has 0 saturated carbocycles. The van der Waals surface area contributed by atoms with Crippen molar-refractivity contribution in [3.05, 3.63) is 23.2 Å². The zero-order valence-corrected chi connectivity index (χ0v) is 12.7. The summed E-state index contributed by atoms with van der Waals surface area (Å²) in [5.41, 5.74) is 7.59. The van der Waals surface area contributed by atoms with Gasteiger partial charge in [0.05, 0.1) is 23.0 Å². The van der Waals surface area contributed by atoms with E-state index in [0.717, 1.165) is 29.2 Å². The monoisotopic (exact) mass is 285 g/mol. The second-order valence-corrected chi connectivity index (χ2v) is 5.17. The van der Waals surface area contributed by atoms with E-state index in [1.807, 2.05) is 37.2 Å². The van der Waals surface area contributed by atoms with Crippen LogP contribution >= 0.6 is 11.6 Å². The fraction of sp³-hybridized carbons (Fsp3) is 0.571. The average Bonchev–Trinajstić information content (AvgIpc) is 2.35. The van der Waals surface area contributed by atoms with E-state index >= 15 is 0 Å². The molecule has 19 heavy (non-hydrogen) atoms. The van der Waals surface area contributed by atoms with Gasteiger partial charge in [0, 0.05) is 27.2 Å². The van der Waals surface area contributed by atoms with Crippen LogP contribution in [0.2, 0.25) is 5.02 Å². The van der Waals surface area contributed by atoms with Crippen LogP contribution in [0.15, 0.2) is 18.2 Å². The number of halogens is 1. The molecular formula is C14H24ClN3O. The molecule has 0 spiro atoms. The Bertz CT molecular complexity index is 385. The molecule has 0 radical (unpaired) electrons. The van der Waals surface area contributed by atoms with Crippen molar-refractivity contribution in [3.63, 3.8) is 0 Å². The molecule has 4 nitrogen and oxygen atoms in total. The lowest BCUT2D eigenvalue weighted by atomic mass is 10.1. The Hall–Kier alpha value is -0.970. The highest BCUT2D eigenvalue weighted by Gasteiger charge is 2.13. The minimum absolute atomic E-state index is 0.241. The van der Waals surface area contributed by atoms with Gasteiger partial charge in [-0.3, -0.25) is 0 Å². The first-order valence-corrected chi connectivity index (χ1v) is 6.89. The van der Waals surface area contributed by atoms with Crippen molar-refractivity contribution in [2.75, 3.05) is 44.6 Å². The molecule has 0 aromatic heterocycles. The Morgan fingerprint density at radius 2 is 2.16 bits per heavy atom. The molecule has 1 rings (SSSR count). The van der Waals surface area contributed by atoms with Crippen LogP contribution in [0, 0.1) is 0 Å². The van der Waals surface area contributed by atoms with Gasteiger partial charge in [-0.1, -0.05) is 17.7 Å². The van der Waals surface area contributed by atoms with Gasteiger partial charge in [0.2, 0.25) is 0 Å². The zero-order valence-electron chi connectivity index (χ0n) is 11.9. The topological polar surface area (TPSA) is 50.5 Å². The molecular weight excluding hydrogens is 262 g/mol. The van der Waals surface area contributed by atoms with E-state index in [1.165, 1.54) is 0 Å². The molecule has 0 heterocycles. The molecule has 0 aliphatic carbocycles. The molecule has 1 aromatic carbocycles. The van der Waals surface area contributed by atoms with E-state index in [1.54, 1.807) is 7.11 Å². The van der Waals surface area contributed by atoms with Gasteiger partial charge < -0.3 is 20.7 Å². The van der Waals surface area contributed by atoms with Crippen molar-refractivity contribution in [2.24, 2.45) is 5.73 Å². The number of hydrogen-bond donors (Lipinski definition) is 2. The lowest BCUT2D eigenvalue weighted by molar-refractivity contribution is 0.182. The minimum Gasteiger partial charge on any atom is -0.383 e. The first-order chi connectivity index (χ1) is 9.10. The molecule has 0 bridgehead atoms. The summed E-state index contributed by atoms with van der Waals surface area (Å²) in [6.07, 6.45) is 1.95. The van der Waals surface area contributed by atoms with Gasteiger partial charge in [0.15, 0.2) is 0 Å². The summed E-state index contributed by atoms with van der Waals surface area (Å²) in [7, 11) is 5.68. The summed E-state index contributed by atoms with van der Waals surface area (Å²) in [6.45, 7) is 1.34. The van der Waals surface area contributed by atoms with E-state index in [0.29, 0.717) is 13.2 Å². The van der Waals surface area contributed by atoms with Gasteiger partial charge in [-0.15, -0.1) is 0 Å². The maximum Gasteiger partial charge on any atom is 0.0786 e. The van der Waals surface area contributed by atoms with E-state index in [-0.39, 0.29) is 6.04 Å². The van der Waals surface area contributed by atoms with Gasteiger partial charge >= 0.3 is 0 Å². The van der Waals surface area contributed by atoms with Gasteiger partial charge in [0.25, 0.3) is 0 Å². The van der Waals surface area contributed by atoms with Gasteiger partial charge in [0.1, 0.15) is 0 Å². The zero-order chi connectivity index (χ0) is 14.3. The molecule has 1 atom stereocenters. The Labute approximate surface area is 120 Å². The van der Waals surface area contributed by atoms with Crippen molar-refractivity contribution < 1.29 is 4.74 Å². The second-order valence-electron chi connectivity index (χ2n) is 4.76. The first kappa shape index (κ1) is 16.1. The van der Waals surface area contributed by atoms with Crippen LogP contribution in [0.3, 0.4) is 0 Å². The molecule has 1 aromatic rings. The number of para-hydroxylation sites is 1. The summed E-state index contributed by atoms with van der Waals surface area (Å²) in [4.78, 5) is 2.01. The summed E-state index contributed by atoms with van der Waals surface area (Å²) in [5, 5.41) is 4.24. The molecule has 0 fully saturated rings. The van der Waals surface area contributed by atoms with Crippen LogP contribution in [0.25, 0.3) is 0 Å². The number of methoxy groups -OCH3 is 1. The Morgan fingerprint density at radius 1 is 1.42 bits per heavy atom. The Morgan fingerprint density at radius 3 is 2.74 bits per heavy atom. The highest BCUT2D eigenvalue weighted by Crippen LogP contribution is 2.33. The average molecular weight is 286 g/mol. The fourth-order valence-electron chi connectivity index (χ4n) is 2.07. The number of nitrogens with zero attached hydrogens (tertiary/aromatic N) is 1. The number of nitrogens with one attached hydrogen (secondary N) is 1. The number of ether oxygens (including phenoxy) is 1. The lowest BCUT2D eigenvalue weighted by Crippen LogP contribution is -2.27. The van der Waals surface area contributed by atoms with Crippen molar-refractivity contribution in [2.45, 2.75) is 18.9 Å². The minimum atomic E-state index is 0.241. The summed E-state index contributed by atoms with van der Waals surface area (Å²) >= 11 is 6.26. The highest BCUT2D eigenvalue weighted by atomic mass is 35.5. The molecule has 108 valence electrons. The molecule has 1 unspecified atom stereocenters. The van der Waals surface area contributed by atoms with Crippen LogP contribution in [0.1, 0.15) is 12.8 Å². The van der Waals surface area contributed by atoms with Crippen molar-refractivity contribution in [3.8, 4) is 0 Å². The quantitative estimate of drug-likeness (QED) is 0.771. The van der Waals surface area contributed by atoms with Gasteiger partial charge in [-0.2, -0.15) is 0 Å². The number of anilines is 2. The standard InChI is InChI=1S/C14H24ClN3O/c1-18(2)14-12(15)7-4-8-13(14)17-11(10-19-3)6-5-9-16/h4,7-8,11,17H,5-6,9-10,16H2,1-3H3. The van der Waals surface area contributed by atoms with Gasteiger partial charge in [-0.25, -0.2) is 0 Å². The summed E-state index contributed by atoms with van der Waals surface area (Å²) in [5.74, 6) is 0. The van der Waals surface area contributed by atoms with E-state index in [2.05, 4.69) is 5.32 Å². The lowest BCUT2D eigenvalue weighted by Gasteiger charge is -2.24. The largest absolute Gasteiger partial charge is 0.383 e. The van der Waals surface area contributed by atoms with Crippen molar-refractivity contribution in [1.29, 1.82) is 0 Å². The maximum absolute atomic E-state index is 6.26. The predicted octanol–water partition coefficient (Wildman–Crippen LogP) is 2.57. The molecule has 3 N–H and O–H groups in total. The Balaban J connectivity index is 2.86. The molecule has 5 heteroatoms. The third-order valence-corrected chi connectivity index (χ3v) is 3.22. The Kier molecular flexibility index (Phi) is 6.99. The highest BCUT2D eigenvalue weighted by molar-refractivity contribution is 6.34. The smallest absolute Gasteiger partial charge is 0.0786 e. The molecule has 0 aliphatic rings. The maximum atomic E-state index is 6.26. The van der Waals surface area contributed by atoms with Crippen LogP contribution < -0.4 is 16.0 Å². The predicted molar refractivity (Wildman–Crippen MR) is 83.4 cm³/mol.